The van der Waals surface area contributed by atoms with Gasteiger partial charge < -0.3 is 14.2 Å². The Labute approximate surface area is 145 Å². The van der Waals surface area contributed by atoms with E-state index in [9.17, 15) is 0 Å². The van der Waals surface area contributed by atoms with Gasteiger partial charge in [-0.05, 0) is 12.1 Å². The standard InChI is InChI=1S/C16H11N5O3S/c1-2-12-13(24-9-23-12)5-10(1)22-8-15-19-20-16-21(15)7-14(25-16)11-6-17-3-4-18-11/h1-7H,8-9H2. The van der Waals surface area contributed by atoms with Crippen LogP contribution in [0.4, 0.5) is 0 Å². The van der Waals surface area contributed by atoms with Gasteiger partial charge in [-0.3, -0.25) is 14.4 Å². The van der Waals surface area contributed by atoms with E-state index in [-0.39, 0.29) is 13.4 Å². The van der Waals surface area contributed by atoms with Crippen molar-refractivity contribution in [1.29, 1.82) is 0 Å². The van der Waals surface area contributed by atoms with Gasteiger partial charge in [0.1, 0.15) is 18.1 Å². The van der Waals surface area contributed by atoms with Gasteiger partial charge in [-0.25, -0.2) is 0 Å². The number of hydrogen-bond acceptors (Lipinski definition) is 8. The monoisotopic (exact) mass is 353 g/mol. The molecule has 4 heterocycles. The lowest BCUT2D eigenvalue weighted by atomic mass is 10.3. The minimum atomic E-state index is 0.240. The summed E-state index contributed by atoms with van der Waals surface area (Å²) in [5, 5.41) is 8.38. The first-order valence-electron chi connectivity index (χ1n) is 7.49. The summed E-state index contributed by atoms with van der Waals surface area (Å²) in [7, 11) is 0. The van der Waals surface area contributed by atoms with E-state index >= 15 is 0 Å². The molecule has 0 bridgehead atoms. The molecule has 3 aromatic heterocycles. The van der Waals surface area contributed by atoms with E-state index in [0.29, 0.717) is 17.3 Å². The summed E-state index contributed by atoms with van der Waals surface area (Å²) >= 11 is 1.50. The number of nitrogens with zero attached hydrogens (tertiary/aromatic N) is 5. The summed E-state index contributed by atoms with van der Waals surface area (Å²) in [6.07, 6.45) is 6.98. The van der Waals surface area contributed by atoms with Gasteiger partial charge in [-0.1, -0.05) is 11.3 Å². The van der Waals surface area contributed by atoms with Crippen molar-refractivity contribution in [1.82, 2.24) is 24.6 Å². The van der Waals surface area contributed by atoms with E-state index in [1.165, 1.54) is 11.3 Å². The number of benzene rings is 1. The van der Waals surface area contributed by atoms with Gasteiger partial charge in [-0.2, -0.15) is 0 Å². The number of rotatable bonds is 4. The molecule has 0 atom stereocenters. The number of aromatic nitrogens is 5. The topological polar surface area (TPSA) is 83.7 Å². The molecule has 0 saturated heterocycles. The van der Waals surface area contributed by atoms with E-state index in [1.54, 1.807) is 24.7 Å². The van der Waals surface area contributed by atoms with Crippen molar-refractivity contribution in [2.45, 2.75) is 6.61 Å². The third kappa shape index (κ3) is 2.54. The van der Waals surface area contributed by atoms with Crippen molar-refractivity contribution in [2.24, 2.45) is 0 Å². The summed E-state index contributed by atoms with van der Waals surface area (Å²) in [5.41, 5.74) is 0.806. The molecule has 9 heteroatoms. The molecule has 124 valence electrons. The zero-order valence-corrected chi connectivity index (χ0v) is 13.6. The summed E-state index contributed by atoms with van der Waals surface area (Å²) in [6.45, 7) is 0.529. The maximum Gasteiger partial charge on any atom is 0.231 e. The third-order valence-electron chi connectivity index (χ3n) is 3.71. The first-order valence-corrected chi connectivity index (χ1v) is 8.31. The van der Waals surface area contributed by atoms with Crippen molar-refractivity contribution >= 4 is 16.3 Å². The largest absolute Gasteiger partial charge is 0.485 e. The summed E-state index contributed by atoms with van der Waals surface area (Å²) in [4.78, 5) is 10.2. The lowest BCUT2D eigenvalue weighted by molar-refractivity contribution is 0.173. The molecule has 25 heavy (non-hydrogen) atoms. The highest BCUT2D eigenvalue weighted by Gasteiger charge is 2.15. The van der Waals surface area contributed by atoms with Gasteiger partial charge in [0.2, 0.25) is 11.8 Å². The van der Waals surface area contributed by atoms with Crippen LogP contribution in [0.3, 0.4) is 0 Å². The van der Waals surface area contributed by atoms with Crippen molar-refractivity contribution < 1.29 is 14.2 Å². The fourth-order valence-corrected chi connectivity index (χ4v) is 3.41. The van der Waals surface area contributed by atoms with Crippen molar-refractivity contribution in [2.75, 3.05) is 6.79 Å². The zero-order chi connectivity index (χ0) is 16.6. The first kappa shape index (κ1) is 14.2. The van der Waals surface area contributed by atoms with Crippen molar-refractivity contribution in [3.63, 3.8) is 0 Å². The van der Waals surface area contributed by atoms with E-state index in [4.69, 9.17) is 14.2 Å². The van der Waals surface area contributed by atoms with Gasteiger partial charge >= 0.3 is 0 Å². The Morgan fingerprint density at radius 1 is 1.16 bits per heavy atom. The number of thiazole rings is 1. The predicted octanol–water partition coefficient (Wildman–Crippen LogP) is 2.56. The molecule has 0 N–H and O–H groups in total. The van der Waals surface area contributed by atoms with Gasteiger partial charge in [0.05, 0.1) is 11.1 Å². The van der Waals surface area contributed by atoms with Gasteiger partial charge in [0.15, 0.2) is 17.3 Å². The number of ether oxygens (including phenoxy) is 3. The summed E-state index contributed by atoms with van der Waals surface area (Å²) in [5.74, 6) is 2.80. The average Bonchev–Trinajstić information content (AvgIpc) is 3.36. The maximum atomic E-state index is 5.82. The lowest BCUT2D eigenvalue weighted by Gasteiger charge is -2.05. The fourth-order valence-electron chi connectivity index (χ4n) is 2.51. The molecule has 0 radical (unpaired) electrons. The normalized spacial score (nSPS) is 12.6. The Morgan fingerprint density at radius 2 is 2.12 bits per heavy atom. The molecule has 0 fully saturated rings. The van der Waals surface area contributed by atoms with E-state index in [0.717, 1.165) is 21.3 Å². The smallest absolute Gasteiger partial charge is 0.231 e. The molecular weight excluding hydrogens is 342 g/mol. The highest BCUT2D eigenvalue weighted by atomic mass is 32.1. The van der Waals surface area contributed by atoms with Gasteiger partial charge in [-0.15, -0.1) is 10.2 Å². The number of fused-ring (bicyclic) bond motifs is 2. The molecule has 8 nitrogen and oxygen atoms in total. The van der Waals surface area contributed by atoms with Crippen LogP contribution in [0.15, 0.2) is 43.0 Å². The molecule has 1 aliphatic rings. The summed E-state index contributed by atoms with van der Waals surface area (Å²) in [6, 6.07) is 5.47. The second kappa shape index (κ2) is 5.71. The Hall–Kier alpha value is -3.20. The second-order valence-electron chi connectivity index (χ2n) is 5.26. The second-order valence-corrected chi connectivity index (χ2v) is 6.27. The van der Waals surface area contributed by atoms with Crippen LogP contribution in [0.2, 0.25) is 0 Å². The Kier molecular flexibility index (Phi) is 3.23. The highest BCUT2D eigenvalue weighted by molar-refractivity contribution is 7.20. The number of hydrogen-bond donors (Lipinski definition) is 0. The van der Waals surface area contributed by atoms with Crippen LogP contribution in [-0.2, 0) is 6.61 Å². The zero-order valence-electron chi connectivity index (χ0n) is 12.8. The minimum Gasteiger partial charge on any atom is -0.485 e. The fraction of sp³-hybridized carbons (Fsp3) is 0.125. The molecule has 4 aromatic rings. The molecule has 0 aliphatic carbocycles. The lowest BCUT2D eigenvalue weighted by Crippen LogP contribution is -2.00. The van der Waals surface area contributed by atoms with Crippen LogP contribution in [-0.4, -0.2) is 31.4 Å². The van der Waals surface area contributed by atoms with Crippen LogP contribution in [0.25, 0.3) is 15.5 Å². The Morgan fingerprint density at radius 3 is 3.04 bits per heavy atom. The molecule has 0 spiro atoms. The van der Waals surface area contributed by atoms with Crippen molar-refractivity contribution in [3.8, 4) is 27.8 Å². The van der Waals surface area contributed by atoms with Crippen LogP contribution in [0.5, 0.6) is 17.2 Å². The molecule has 1 aromatic carbocycles. The third-order valence-corrected chi connectivity index (χ3v) is 4.71. The average molecular weight is 353 g/mol. The molecule has 0 amide bonds. The van der Waals surface area contributed by atoms with E-state index in [1.807, 2.05) is 22.7 Å². The van der Waals surface area contributed by atoms with Crippen LogP contribution >= 0.6 is 11.3 Å². The van der Waals surface area contributed by atoms with Crippen LogP contribution in [0, 0.1) is 0 Å². The van der Waals surface area contributed by atoms with Crippen molar-refractivity contribution in [3.05, 3.63) is 48.8 Å². The molecule has 5 rings (SSSR count). The van der Waals surface area contributed by atoms with Gasteiger partial charge in [0, 0.05) is 24.7 Å². The summed E-state index contributed by atoms with van der Waals surface area (Å²) < 4.78 is 18.4. The van der Waals surface area contributed by atoms with Gasteiger partial charge in [0.25, 0.3) is 0 Å². The Bertz CT molecular complexity index is 1050. The quantitative estimate of drug-likeness (QED) is 0.557. The molecule has 0 unspecified atom stereocenters. The minimum absolute atomic E-state index is 0.240. The van der Waals surface area contributed by atoms with Crippen LogP contribution in [0.1, 0.15) is 5.82 Å². The molecule has 0 saturated carbocycles. The van der Waals surface area contributed by atoms with Crippen LogP contribution < -0.4 is 14.2 Å². The van der Waals surface area contributed by atoms with E-state index in [2.05, 4.69) is 20.2 Å². The predicted molar refractivity (Wildman–Crippen MR) is 88.8 cm³/mol. The molecule has 1 aliphatic heterocycles. The highest BCUT2D eigenvalue weighted by Crippen LogP contribution is 2.35. The SMILES string of the molecule is c1cnc(-c2cn3c(COc4ccc5c(c4)OCO5)nnc3s2)cn1. The maximum absolute atomic E-state index is 5.82. The Balaban J connectivity index is 1.39. The van der Waals surface area contributed by atoms with E-state index < -0.39 is 0 Å². The first-order chi connectivity index (χ1) is 12.4. The molecular formula is C16H11N5O3S.